The minimum atomic E-state index is -1.03. The molecule has 10 heteroatoms. The number of imidazole rings is 1. The number of alkyl halides is 1. The van der Waals surface area contributed by atoms with Gasteiger partial charge in [0.05, 0.1) is 22.6 Å². The van der Waals surface area contributed by atoms with E-state index >= 15 is 0 Å². The maximum Gasteiger partial charge on any atom is 0.269 e. The summed E-state index contributed by atoms with van der Waals surface area (Å²) in [5.41, 5.74) is 10.2. The second-order valence-corrected chi connectivity index (χ2v) is 8.49. The zero-order valence-corrected chi connectivity index (χ0v) is 18.6. The summed E-state index contributed by atoms with van der Waals surface area (Å²) in [6.45, 7) is 0. The molecule has 35 heavy (non-hydrogen) atoms. The average molecular weight is 469 g/mol. The Kier molecular flexibility index (Phi) is 4.63. The zero-order valence-electron chi connectivity index (χ0n) is 18.6. The molecule has 1 fully saturated rings. The van der Waals surface area contributed by atoms with Crippen LogP contribution in [0.4, 0.5) is 10.1 Å². The van der Waals surface area contributed by atoms with Crippen molar-refractivity contribution >= 4 is 34.4 Å². The molecule has 0 saturated heterocycles. The van der Waals surface area contributed by atoms with Crippen LogP contribution in [-0.2, 0) is 0 Å². The highest BCUT2D eigenvalue weighted by Crippen LogP contribution is 2.44. The Hall–Kier alpha value is -4.60. The highest BCUT2D eigenvalue weighted by molar-refractivity contribution is 5.96. The molecular weight excluding hydrogens is 449 g/mol. The molecule has 0 unspecified atom stereocenters. The average Bonchev–Trinajstić information content (AvgIpc) is 3.27. The Balaban J connectivity index is 1.54. The molecule has 1 aliphatic rings. The molecule has 0 bridgehead atoms. The Morgan fingerprint density at radius 1 is 1.26 bits per heavy atom. The van der Waals surface area contributed by atoms with Crippen LogP contribution >= 0.6 is 0 Å². The predicted octanol–water partition coefficient (Wildman–Crippen LogP) is 3.51. The number of benzene rings is 1. The SMILES string of the molecule is CNc1cc(-n2ccc3c(-c4ccc(C=O)cn4)cccc32)nn2c(C(N)=O)c([C@H]3C[C@@H]3F)nc12. The van der Waals surface area contributed by atoms with Gasteiger partial charge in [0.25, 0.3) is 5.91 Å². The monoisotopic (exact) mass is 469 g/mol. The number of hydrogen-bond donors (Lipinski definition) is 2. The quantitative estimate of drug-likeness (QED) is 0.367. The number of aldehydes is 1. The smallest absolute Gasteiger partial charge is 0.269 e. The number of nitrogens with one attached hydrogen (secondary N) is 1. The maximum absolute atomic E-state index is 13.8. The largest absolute Gasteiger partial charge is 0.385 e. The van der Waals surface area contributed by atoms with Crippen LogP contribution in [-0.4, -0.2) is 49.6 Å². The van der Waals surface area contributed by atoms with E-state index < -0.39 is 18.0 Å². The van der Waals surface area contributed by atoms with Crippen molar-refractivity contribution in [3.63, 3.8) is 0 Å². The third kappa shape index (κ3) is 3.25. The molecule has 1 amide bonds. The van der Waals surface area contributed by atoms with Crippen LogP contribution in [0.3, 0.4) is 0 Å². The van der Waals surface area contributed by atoms with Gasteiger partial charge in [-0.1, -0.05) is 12.1 Å². The lowest BCUT2D eigenvalue weighted by molar-refractivity contribution is 0.0992. The lowest BCUT2D eigenvalue weighted by atomic mass is 10.1. The predicted molar refractivity (Wildman–Crippen MR) is 129 cm³/mol. The molecule has 1 aromatic carbocycles. The van der Waals surface area contributed by atoms with Gasteiger partial charge in [0.2, 0.25) is 0 Å². The van der Waals surface area contributed by atoms with Crippen molar-refractivity contribution in [3.8, 4) is 17.1 Å². The molecule has 3 N–H and O–H groups in total. The van der Waals surface area contributed by atoms with E-state index in [0.29, 0.717) is 34.8 Å². The number of primary amides is 1. The van der Waals surface area contributed by atoms with E-state index in [2.05, 4.69) is 20.4 Å². The summed E-state index contributed by atoms with van der Waals surface area (Å²) >= 11 is 0. The number of hydrogen-bond acceptors (Lipinski definition) is 6. The molecule has 0 aliphatic heterocycles. The standard InChI is InChI=1S/C25H20FN7O2/c1-28-19-10-21(31-33-23(24(27)35)22(30-25(19)33)16-9-17(16)26)32-8-7-15-14(3-2-4-20(15)32)18-6-5-13(12-34)11-29-18/h2-8,10-12,16-17,28H,9H2,1H3,(H2,27,35)/t16-,17-/m0/s1. The minimum Gasteiger partial charge on any atom is -0.385 e. The molecular formula is C25H20FN7O2. The number of halogens is 1. The molecule has 174 valence electrons. The van der Waals surface area contributed by atoms with Crippen LogP contribution < -0.4 is 11.1 Å². The topological polar surface area (TPSA) is 120 Å². The number of fused-ring (bicyclic) bond motifs is 2. The number of rotatable bonds is 6. The lowest BCUT2D eigenvalue weighted by Gasteiger charge is -2.10. The van der Waals surface area contributed by atoms with E-state index in [-0.39, 0.29) is 5.69 Å². The molecule has 9 nitrogen and oxygen atoms in total. The normalized spacial score (nSPS) is 17.1. The third-order valence-corrected chi connectivity index (χ3v) is 6.34. The van der Waals surface area contributed by atoms with Gasteiger partial charge in [-0.05, 0) is 30.7 Å². The molecule has 1 saturated carbocycles. The van der Waals surface area contributed by atoms with Gasteiger partial charge >= 0.3 is 0 Å². The van der Waals surface area contributed by atoms with Gasteiger partial charge in [-0.15, -0.1) is 5.10 Å². The van der Waals surface area contributed by atoms with Crippen molar-refractivity contribution in [2.45, 2.75) is 18.5 Å². The molecule has 0 radical (unpaired) electrons. The summed E-state index contributed by atoms with van der Waals surface area (Å²) in [6, 6.07) is 13.1. The van der Waals surface area contributed by atoms with E-state index in [1.165, 1.54) is 10.7 Å². The molecule has 4 heterocycles. The maximum atomic E-state index is 13.8. The number of anilines is 1. The number of carbonyl (C=O) groups excluding carboxylic acids is 2. The summed E-state index contributed by atoms with van der Waals surface area (Å²) in [5, 5.41) is 8.71. The molecule has 2 atom stereocenters. The van der Waals surface area contributed by atoms with Crippen molar-refractivity contribution in [2.24, 2.45) is 5.73 Å². The van der Waals surface area contributed by atoms with Gasteiger partial charge in [-0.25, -0.2) is 13.9 Å². The highest BCUT2D eigenvalue weighted by atomic mass is 19.1. The molecule has 0 spiro atoms. The van der Waals surface area contributed by atoms with Crippen molar-refractivity contribution in [3.05, 3.63) is 71.8 Å². The first kappa shape index (κ1) is 21.0. The second kappa shape index (κ2) is 7.73. The number of amides is 1. The van der Waals surface area contributed by atoms with Gasteiger partial charge in [-0.3, -0.25) is 19.1 Å². The van der Waals surface area contributed by atoms with Crippen LogP contribution in [0, 0.1) is 0 Å². The van der Waals surface area contributed by atoms with Crippen molar-refractivity contribution in [1.29, 1.82) is 0 Å². The van der Waals surface area contributed by atoms with E-state index in [1.54, 1.807) is 19.2 Å². The van der Waals surface area contributed by atoms with E-state index in [1.807, 2.05) is 41.1 Å². The number of nitrogens with two attached hydrogens (primary N) is 1. The molecule has 1 aliphatic carbocycles. The van der Waals surface area contributed by atoms with Gasteiger partial charge in [0.15, 0.2) is 23.4 Å². The Morgan fingerprint density at radius 3 is 2.74 bits per heavy atom. The third-order valence-electron chi connectivity index (χ3n) is 6.34. The summed E-state index contributed by atoms with van der Waals surface area (Å²) in [7, 11) is 1.74. The van der Waals surface area contributed by atoms with Crippen molar-refractivity contribution < 1.29 is 14.0 Å². The molecule has 4 aromatic heterocycles. The summed E-state index contributed by atoms with van der Waals surface area (Å²) < 4.78 is 17.1. The molecule has 6 rings (SSSR count). The van der Waals surface area contributed by atoms with Crippen LogP contribution in [0.1, 0.15) is 38.9 Å². The van der Waals surface area contributed by atoms with Gasteiger partial charge < -0.3 is 11.1 Å². The minimum absolute atomic E-state index is 0.0973. The van der Waals surface area contributed by atoms with E-state index in [4.69, 9.17) is 5.73 Å². The fourth-order valence-electron chi connectivity index (χ4n) is 4.49. The fourth-order valence-corrected chi connectivity index (χ4v) is 4.49. The Bertz CT molecular complexity index is 1640. The van der Waals surface area contributed by atoms with Crippen molar-refractivity contribution in [2.75, 3.05) is 12.4 Å². The summed E-state index contributed by atoms with van der Waals surface area (Å²) in [4.78, 5) is 32.3. The number of carbonyl (C=O) groups is 2. The van der Waals surface area contributed by atoms with E-state index in [9.17, 15) is 14.0 Å². The zero-order chi connectivity index (χ0) is 24.3. The molecule has 5 aromatic rings. The lowest BCUT2D eigenvalue weighted by Crippen LogP contribution is -2.18. The van der Waals surface area contributed by atoms with Gasteiger partial charge in [0.1, 0.15) is 6.17 Å². The fraction of sp³-hybridized carbons (Fsp3) is 0.160. The van der Waals surface area contributed by atoms with Gasteiger partial charge in [0, 0.05) is 47.9 Å². The van der Waals surface area contributed by atoms with Crippen LogP contribution in [0.15, 0.2) is 54.9 Å². The van der Waals surface area contributed by atoms with Crippen LogP contribution in [0.25, 0.3) is 33.6 Å². The van der Waals surface area contributed by atoms with E-state index in [0.717, 1.165) is 28.4 Å². The van der Waals surface area contributed by atoms with Gasteiger partial charge in [-0.2, -0.15) is 0 Å². The summed E-state index contributed by atoms with van der Waals surface area (Å²) in [5.74, 6) is -0.625. The van der Waals surface area contributed by atoms with Crippen molar-refractivity contribution in [1.82, 2.24) is 24.1 Å². The Morgan fingerprint density at radius 2 is 2.09 bits per heavy atom. The number of pyridine rings is 1. The Labute approximate surface area is 198 Å². The van der Waals surface area contributed by atoms with Crippen LogP contribution in [0.5, 0.6) is 0 Å². The summed E-state index contributed by atoms with van der Waals surface area (Å²) in [6.07, 6.45) is 3.46. The first-order valence-corrected chi connectivity index (χ1v) is 11.1. The van der Waals surface area contributed by atoms with Crippen LogP contribution in [0.2, 0.25) is 0 Å². The first-order chi connectivity index (χ1) is 17.0. The number of aromatic nitrogens is 5. The highest BCUT2D eigenvalue weighted by Gasteiger charge is 2.44. The number of nitrogens with zero attached hydrogens (tertiary/aromatic N) is 5. The first-order valence-electron chi connectivity index (χ1n) is 11.1. The second-order valence-electron chi connectivity index (χ2n) is 8.49.